The molecule has 0 fully saturated rings. The highest BCUT2D eigenvalue weighted by atomic mass is 19.1. The molecule has 1 aliphatic rings. The summed E-state index contributed by atoms with van der Waals surface area (Å²) in [5, 5.41) is 0. The lowest BCUT2D eigenvalue weighted by Crippen LogP contribution is -2.50. The predicted octanol–water partition coefficient (Wildman–Crippen LogP) is 5.84. The molecule has 0 aliphatic heterocycles. The number of Topliss-reactive ketones (excluding diaryl/α,β-unsaturated/α-hetero) is 1. The number of hydrogen-bond acceptors (Lipinski definition) is 2. The van der Waals surface area contributed by atoms with Crippen LogP contribution in [0.25, 0.3) is 0 Å². The standard InChI is InChI=1S/C25H35FNO2/c1-9-10-17(4)23-22(16(2)3)21(28)15-25(23,6)18(5)24(29)27(7,8)20-13-11-19(26)12-14-20/h11-14,16-17H,5,9-10,15H2,1-4,6-8H3/q+1. The average Bonchev–Trinajstić information content (AvgIpc) is 2.92. The molecule has 0 aromatic heterocycles. The van der Waals surface area contributed by atoms with Crippen molar-refractivity contribution in [2.75, 3.05) is 14.1 Å². The highest BCUT2D eigenvalue weighted by Crippen LogP contribution is 2.52. The van der Waals surface area contributed by atoms with Gasteiger partial charge >= 0.3 is 5.91 Å². The Morgan fingerprint density at radius 3 is 2.24 bits per heavy atom. The van der Waals surface area contributed by atoms with Gasteiger partial charge in [0.1, 0.15) is 11.5 Å². The Morgan fingerprint density at radius 1 is 1.21 bits per heavy atom. The normalized spacial score (nSPS) is 21.1. The number of allylic oxidation sites excluding steroid dienone is 2. The number of amides is 1. The van der Waals surface area contributed by atoms with Crippen molar-refractivity contribution in [1.29, 1.82) is 0 Å². The summed E-state index contributed by atoms with van der Waals surface area (Å²) in [6.45, 7) is 14.6. The van der Waals surface area contributed by atoms with Gasteiger partial charge in [-0.1, -0.05) is 47.6 Å². The Labute approximate surface area is 174 Å². The number of carbonyl (C=O) groups is 2. The molecule has 3 nitrogen and oxygen atoms in total. The van der Waals surface area contributed by atoms with Crippen LogP contribution in [0.4, 0.5) is 10.1 Å². The molecule has 2 atom stereocenters. The van der Waals surface area contributed by atoms with E-state index in [0.29, 0.717) is 11.3 Å². The second-order valence-electron chi connectivity index (χ2n) is 9.32. The van der Waals surface area contributed by atoms with Crippen molar-refractivity contribution in [3.8, 4) is 0 Å². The number of halogens is 1. The van der Waals surface area contributed by atoms with E-state index < -0.39 is 5.41 Å². The molecule has 0 bridgehead atoms. The molecule has 0 N–H and O–H groups in total. The fraction of sp³-hybridized carbons (Fsp3) is 0.520. The highest BCUT2D eigenvalue weighted by molar-refractivity contribution is 6.07. The molecule has 0 spiro atoms. The molecule has 0 radical (unpaired) electrons. The maximum atomic E-state index is 13.6. The van der Waals surface area contributed by atoms with Crippen molar-refractivity contribution in [1.82, 2.24) is 4.48 Å². The zero-order valence-corrected chi connectivity index (χ0v) is 18.9. The van der Waals surface area contributed by atoms with Crippen LogP contribution in [-0.2, 0) is 9.59 Å². The number of quaternary nitrogens is 1. The maximum Gasteiger partial charge on any atom is 0.346 e. The summed E-state index contributed by atoms with van der Waals surface area (Å²) in [6.07, 6.45) is 2.27. The van der Waals surface area contributed by atoms with Gasteiger partial charge in [-0.25, -0.2) is 13.7 Å². The minimum atomic E-state index is -0.683. The lowest BCUT2D eigenvalue weighted by Gasteiger charge is -2.36. The minimum Gasteiger partial charge on any atom is -0.294 e. The second-order valence-corrected chi connectivity index (χ2v) is 9.32. The van der Waals surface area contributed by atoms with Crippen LogP contribution in [0.5, 0.6) is 0 Å². The van der Waals surface area contributed by atoms with Gasteiger partial charge in [-0.15, -0.1) is 0 Å². The third kappa shape index (κ3) is 4.13. The number of nitrogens with zero attached hydrogens (tertiary/aromatic N) is 1. The SMILES string of the molecule is C=C(C(=O)[N+](C)(C)c1ccc(F)cc1)C1(C)CC(=O)C(C(C)C)=C1C(C)CCC. The molecule has 29 heavy (non-hydrogen) atoms. The number of hydrogen-bond donors (Lipinski definition) is 0. The van der Waals surface area contributed by atoms with E-state index in [-0.39, 0.29) is 40.2 Å². The van der Waals surface area contributed by atoms with E-state index in [2.05, 4.69) is 20.4 Å². The number of ketones is 1. The molecule has 1 aliphatic carbocycles. The first kappa shape index (κ1) is 23.2. The summed E-state index contributed by atoms with van der Waals surface area (Å²) in [4.78, 5) is 26.6. The number of benzene rings is 1. The van der Waals surface area contributed by atoms with Gasteiger partial charge in [-0.3, -0.25) is 4.79 Å². The van der Waals surface area contributed by atoms with Crippen molar-refractivity contribution < 1.29 is 14.0 Å². The van der Waals surface area contributed by atoms with E-state index in [4.69, 9.17) is 0 Å². The topological polar surface area (TPSA) is 34.1 Å². The van der Waals surface area contributed by atoms with Gasteiger partial charge in [-0.05, 0) is 41.5 Å². The van der Waals surface area contributed by atoms with Crippen LogP contribution in [-0.4, -0.2) is 25.8 Å². The molecule has 2 rings (SSSR count). The first-order valence-corrected chi connectivity index (χ1v) is 10.5. The average molecular weight is 401 g/mol. The molecular formula is C25H35FNO2+. The van der Waals surface area contributed by atoms with Crippen LogP contribution in [0.3, 0.4) is 0 Å². The van der Waals surface area contributed by atoms with E-state index in [1.165, 1.54) is 12.1 Å². The van der Waals surface area contributed by atoms with Crippen molar-refractivity contribution in [2.45, 2.75) is 53.9 Å². The molecule has 0 saturated carbocycles. The van der Waals surface area contributed by atoms with Gasteiger partial charge < -0.3 is 0 Å². The molecular weight excluding hydrogens is 365 g/mol. The Hall–Kier alpha value is -2.07. The molecule has 4 heteroatoms. The first-order chi connectivity index (χ1) is 13.4. The Kier molecular flexibility index (Phi) is 6.68. The van der Waals surface area contributed by atoms with Crippen molar-refractivity contribution in [3.05, 3.63) is 53.4 Å². The van der Waals surface area contributed by atoms with E-state index in [0.717, 1.165) is 24.0 Å². The summed E-state index contributed by atoms with van der Waals surface area (Å²) in [5.74, 6) is -0.0471. The van der Waals surface area contributed by atoms with E-state index in [1.807, 2.05) is 20.8 Å². The second kappa shape index (κ2) is 8.35. The fourth-order valence-electron chi connectivity index (χ4n) is 4.75. The summed E-state index contributed by atoms with van der Waals surface area (Å²) in [7, 11) is 3.56. The summed E-state index contributed by atoms with van der Waals surface area (Å²) < 4.78 is 13.3. The lowest BCUT2D eigenvalue weighted by atomic mass is 9.70. The lowest BCUT2D eigenvalue weighted by molar-refractivity contribution is -0.125. The molecule has 1 aromatic carbocycles. The molecule has 158 valence electrons. The van der Waals surface area contributed by atoms with E-state index in [9.17, 15) is 14.0 Å². The van der Waals surface area contributed by atoms with Crippen LogP contribution in [0, 0.1) is 23.1 Å². The Morgan fingerprint density at radius 2 is 1.76 bits per heavy atom. The van der Waals surface area contributed by atoms with Gasteiger partial charge in [0, 0.05) is 24.0 Å². The fourth-order valence-corrected chi connectivity index (χ4v) is 4.75. The van der Waals surface area contributed by atoms with Crippen molar-refractivity contribution in [3.63, 3.8) is 0 Å². The van der Waals surface area contributed by atoms with Crippen molar-refractivity contribution >= 4 is 17.4 Å². The Bertz CT molecular complexity index is 848. The molecule has 2 unspecified atom stereocenters. The van der Waals surface area contributed by atoms with E-state index >= 15 is 0 Å². The molecule has 1 aromatic rings. The summed E-state index contributed by atoms with van der Waals surface area (Å²) in [5.41, 5.74) is 2.40. The van der Waals surface area contributed by atoms with Crippen LogP contribution >= 0.6 is 0 Å². The number of likely N-dealkylation sites (N-methyl/N-ethyl adjacent to an activating group) is 1. The summed E-state index contributed by atoms with van der Waals surface area (Å²) >= 11 is 0. The van der Waals surface area contributed by atoms with Crippen LogP contribution in [0.15, 0.2) is 47.6 Å². The zero-order valence-electron chi connectivity index (χ0n) is 18.9. The highest BCUT2D eigenvalue weighted by Gasteiger charge is 2.50. The van der Waals surface area contributed by atoms with Gasteiger partial charge in [0.05, 0.1) is 19.7 Å². The molecule has 1 amide bonds. The van der Waals surface area contributed by atoms with E-state index in [1.54, 1.807) is 26.2 Å². The summed E-state index contributed by atoms with van der Waals surface area (Å²) in [6, 6.07) is 5.96. The number of rotatable bonds is 7. The monoisotopic (exact) mass is 400 g/mol. The van der Waals surface area contributed by atoms with Gasteiger partial charge in [-0.2, -0.15) is 0 Å². The minimum absolute atomic E-state index is 0.0741. The number of carbonyl (C=O) groups excluding carboxylic acids is 2. The van der Waals surface area contributed by atoms with Gasteiger partial charge in [0.15, 0.2) is 5.78 Å². The maximum absolute atomic E-state index is 13.6. The quantitative estimate of drug-likeness (QED) is 0.425. The molecule has 0 saturated heterocycles. The van der Waals surface area contributed by atoms with Crippen molar-refractivity contribution in [2.24, 2.45) is 17.3 Å². The molecule has 0 heterocycles. The van der Waals surface area contributed by atoms with Crippen LogP contribution in [0.1, 0.15) is 53.9 Å². The third-order valence-electron chi connectivity index (χ3n) is 6.40. The third-order valence-corrected chi connectivity index (χ3v) is 6.40. The smallest absolute Gasteiger partial charge is 0.294 e. The van der Waals surface area contributed by atoms with Crippen LogP contribution < -0.4 is 4.48 Å². The first-order valence-electron chi connectivity index (χ1n) is 10.5. The van der Waals surface area contributed by atoms with Gasteiger partial charge in [0.25, 0.3) is 0 Å². The predicted molar refractivity (Wildman–Crippen MR) is 118 cm³/mol. The largest absolute Gasteiger partial charge is 0.346 e. The Balaban J connectivity index is 2.52. The van der Waals surface area contributed by atoms with Crippen LogP contribution in [0.2, 0.25) is 0 Å². The van der Waals surface area contributed by atoms with Gasteiger partial charge in [0.2, 0.25) is 0 Å². The zero-order chi connectivity index (χ0) is 22.1.